The van der Waals surface area contributed by atoms with Gasteiger partial charge < -0.3 is 9.47 Å². The SMILES string of the molecule is Fc1ccc(C2(C(F)(F)c3ccc(C#Cc4ccc(OCc5ccc(Cn6cccn6)cc5)cc4)cn3)CO2)c(F)c1. The summed E-state index contributed by atoms with van der Waals surface area (Å²) in [6, 6.07) is 22.2. The zero-order valence-electron chi connectivity index (χ0n) is 22.1. The minimum absolute atomic E-state index is 0.411. The second-order valence-electron chi connectivity index (χ2n) is 9.83. The third-order valence-electron chi connectivity index (χ3n) is 6.93. The topological polar surface area (TPSA) is 52.5 Å². The molecule has 6 rings (SSSR count). The fourth-order valence-electron chi connectivity index (χ4n) is 4.52. The first kappa shape index (κ1) is 27.2. The number of hydrogen-bond donors (Lipinski definition) is 0. The standard InChI is InChI=1S/C33H23F4N3O2/c34-27-11-14-29(30(35)18-27)32(22-42-32)33(36,37)31-15-10-24(19-38-31)3-2-23-8-12-28(13-9-23)41-21-26-6-4-25(5-7-26)20-40-17-1-16-39-40/h1,4-19H,20-22H2. The van der Waals surface area contributed by atoms with E-state index in [2.05, 4.69) is 21.9 Å². The van der Waals surface area contributed by atoms with Gasteiger partial charge in [0.25, 0.3) is 0 Å². The number of benzene rings is 3. The Hall–Kier alpha value is -4.94. The zero-order valence-corrected chi connectivity index (χ0v) is 22.1. The van der Waals surface area contributed by atoms with E-state index >= 15 is 8.78 Å². The highest BCUT2D eigenvalue weighted by Gasteiger charge is 2.68. The Morgan fingerprint density at radius 3 is 2.26 bits per heavy atom. The van der Waals surface area contributed by atoms with Gasteiger partial charge in [0.15, 0.2) is 5.60 Å². The first-order chi connectivity index (χ1) is 20.3. The Morgan fingerprint density at radius 2 is 1.62 bits per heavy atom. The molecule has 0 aliphatic carbocycles. The molecule has 1 aliphatic heterocycles. The highest BCUT2D eigenvalue weighted by Crippen LogP contribution is 2.56. The number of aromatic nitrogens is 3. The van der Waals surface area contributed by atoms with E-state index in [1.165, 1.54) is 12.3 Å². The van der Waals surface area contributed by atoms with Gasteiger partial charge in [0.05, 0.1) is 13.2 Å². The van der Waals surface area contributed by atoms with Crippen molar-refractivity contribution in [2.45, 2.75) is 24.7 Å². The molecule has 42 heavy (non-hydrogen) atoms. The summed E-state index contributed by atoms with van der Waals surface area (Å²) in [5.41, 5.74) is 0.0756. The van der Waals surface area contributed by atoms with Gasteiger partial charge in [-0.3, -0.25) is 9.67 Å². The number of alkyl halides is 2. The predicted octanol–water partition coefficient (Wildman–Crippen LogP) is 6.60. The van der Waals surface area contributed by atoms with Gasteiger partial charge >= 0.3 is 5.92 Å². The molecule has 0 amide bonds. The second kappa shape index (κ2) is 11.1. The van der Waals surface area contributed by atoms with Crippen LogP contribution in [0.15, 0.2) is 104 Å². The van der Waals surface area contributed by atoms with Crippen molar-refractivity contribution in [1.29, 1.82) is 0 Å². The molecule has 1 unspecified atom stereocenters. The van der Waals surface area contributed by atoms with Crippen molar-refractivity contribution in [1.82, 2.24) is 14.8 Å². The molecule has 3 heterocycles. The average molecular weight is 570 g/mol. The van der Waals surface area contributed by atoms with Crippen LogP contribution in [0.3, 0.4) is 0 Å². The molecule has 1 aliphatic rings. The van der Waals surface area contributed by atoms with Gasteiger partial charge in [0, 0.05) is 41.3 Å². The molecule has 0 N–H and O–H groups in total. The quantitative estimate of drug-likeness (QED) is 0.120. The van der Waals surface area contributed by atoms with Crippen molar-refractivity contribution >= 4 is 0 Å². The van der Waals surface area contributed by atoms with Crippen molar-refractivity contribution in [3.8, 4) is 17.6 Å². The summed E-state index contributed by atoms with van der Waals surface area (Å²) in [6.07, 6.45) is 4.90. The third kappa shape index (κ3) is 5.62. The van der Waals surface area contributed by atoms with Gasteiger partial charge in [-0.25, -0.2) is 8.78 Å². The van der Waals surface area contributed by atoms with Crippen LogP contribution in [-0.4, -0.2) is 21.4 Å². The van der Waals surface area contributed by atoms with E-state index in [0.29, 0.717) is 36.1 Å². The van der Waals surface area contributed by atoms with E-state index in [1.807, 2.05) is 53.3 Å². The van der Waals surface area contributed by atoms with Gasteiger partial charge in [-0.05, 0) is 65.7 Å². The third-order valence-corrected chi connectivity index (χ3v) is 6.93. The maximum absolute atomic E-state index is 15.3. The summed E-state index contributed by atoms with van der Waals surface area (Å²) in [5.74, 6) is 0.964. The minimum atomic E-state index is -3.64. The summed E-state index contributed by atoms with van der Waals surface area (Å²) in [5, 5.41) is 4.21. The molecule has 0 bridgehead atoms. The minimum Gasteiger partial charge on any atom is -0.489 e. The van der Waals surface area contributed by atoms with Crippen molar-refractivity contribution in [3.63, 3.8) is 0 Å². The number of halogens is 4. The van der Waals surface area contributed by atoms with Gasteiger partial charge in [-0.15, -0.1) is 0 Å². The molecular formula is C33H23F4N3O2. The van der Waals surface area contributed by atoms with Crippen LogP contribution >= 0.6 is 0 Å². The van der Waals surface area contributed by atoms with E-state index in [-0.39, 0.29) is 0 Å². The molecule has 0 spiro atoms. The van der Waals surface area contributed by atoms with E-state index in [1.54, 1.807) is 18.3 Å². The van der Waals surface area contributed by atoms with E-state index in [0.717, 1.165) is 29.3 Å². The predicted molar refractivity (Wildman–Crippen MR) is 147 cm³/mol. The lowest BCUT2D eigenvalue weighted by atomic mass is 9.90. The zero-order chi connectivity index (χ0) is 29.2. The Labute approximate surface area is 239 Å². The van der Waals surface area contributed by atoms with Crippen LogP contribution in [0.5, 0.6) is 5.75 Å². The van der Waals surface area contributed by atoms with Gasteiger partial charge in [0.2, 0.25) is 0 Å². The van der Waals surface area contributed by atoms with E-state index < -0.39 is 41.0 Å². The Bertz CT molecular complexity index is 1740. The number of nitrogens with zero attached hydrogens (tertiary/aromatic N) is 3. The summed E-state index contributed by atoms with van der Waals surface area (Å²) in [7, 11) is 0. The Balaban J connectivity index is 1.06. The molecule has 1 fully saturated rings. The molecule has 0 saturated carbocycles. The van der Waals surface area contributed by atoms with Crippen LogP contribution in [0, 0.1) is 23.5 Å². The maximum Gasteiger partial charge on any atom is 0.324 e. The number of pyridine rings is 1. The van der Waals surface area contributed by atoms with Crippen LogP contribution in [0.25, 0.3) is 0 Å². The maximum atomic E-state index is 15.3. The monoisotopic (exact) mass is 569 g/mol. The summed E-state index contributed by atoms with van der Waals surface area (Å²) in [6.45, 7) is 0.706. The fourth-order valence-corrected chi connectivity index (χ4v) is 4.52. The Morgan fingerprint density at radius 1 is 0.905 bits per heavy atom. The highest BCUT2D eigenvalue weighted by atomic mass is 19.3. The molecule has 5 aromatic rings. The lowest BCUT2D eigenvalue weighted by Crippen LogP contribution is -2.34. The van der Waals surface area contributed by atoms with Crippen molar-refractivity contribution in [2.24, 2.45) is 0 Å². The highest BCUT2D eigenvalue weighted by molar-refractivity contribution is 5.44. The van der Waals surface area contributed by atoms with Crippen LogP contribution in [0.4, 0.5) is 17.6 Å². The molecule has 1 saturated heterocycles. The van der Waals surface area contributed by atoms with Crippen molar-refractivity contribution in [2.75, 3.05) is 6.61 Å². The molecule has 0 radical (unpaired) electrons. The number of ether oxygens (including phenoxy) is 2. The summed E-state index contributed by atoms with van der Waals surface area (Å²) in [4.78, 5) is 3.88. The van der Waals surface area contributed by atoms with E-state index in [4.69, 9.17) is 9.47 Å². The number of hydrogen-bond acceptors (Lipinski definition) is 4. The van der Waals surface area contributed by atoms with Crippen LogP contribution < -0.4 is 4.74 Å². The van der Waals surface area contributed by atoms with Gasteiger partial charge in [-0.1, -0.05) is 36.1 Å². The summed E-state index contributed by atoms with van der Waals surface area (Å²) < 4.78 is 71.0. The van der Waals surface area contributed by atoms with Gasteiger partial charge in [0.1, 0.15) is 29.7 Å². The largest absolute Gasteiger partial charge is 0.489 e. The summed E-state index contributed by atoms with van der Waals surface area (Å²) >= 11 is 0. The number of epoxide rings is 1. The van der Waals surface area contributed by atoms with Crippen molar-refractivity contribution < 1.29 is 27.0 Å². The average Bonchev–Trinajstić information content (AvgIpc) is 3.66. The lowest BCUT2D eigenvalue weighted by Gasteiger charge is -2.24. The van der Waals surface area contributed by atoms with Gasteiger partial charge in [-0.2, -0.15) is 13.9 Å². The normalized spacial score (nSPS) is 16.0. The molecular weight excluding hydrogens is 546 g/mol. The second-order valence-corrected chi connectivity index (χ2v) is 9.83. The molecule has 3 aromatic carbocycles. The van der Waals surface area contributed by atoms with E-state index in [9.17, 15) is 8.78 Å². The molecule has 9 heteroatoms. The molecule has 5 nitrogen and oxygen atoms in total. The van der Waals surface area contributed by atoms with Crippen LogP contribution in [0.1, 0.15) is 33.5 Å². The van der Waals surface area contributed by atoms with Crippen LogP contribution in [0.2, 0.25) is 0 Å². The molecule has 2 aromatic heterocycles. The van der Waals surface area contributed by atoms with Crippen LogP contribution in [-0.2, 0) is 29.4 Å². The number of rotatable bonds is 8. The molecule has 1 atom stereocenters. The Kier molecular flexibility index (Phi) is 7.23. The first-order valence-corrected chi connectivity index (χ1v) is 13.1. The first-order valence-electron chi connectivity index (χ1n) is 13.1. The molecule has 210 valence electrons. The lowest BCUT2D eigenvalue weighted by molar-refractivity contribution is -0.0901. The smallest absolute Gasteiger partial charge is 0.324 e. The fraction of sp³-hybridized carbons (Fsp3) is 0.152. The van der Waals surface area contributed by atoms with Crippen molar-refractivity contribution in [3.05, 3.63) is 149 Å².